The molecule has 0 N–H and O–H groups in total. The zero-order valence-corrected chi connectivity index (χ0v) is 15.4. The van der Waals surface area contributed by atoms with Crippen LogP contribution in [0.1, 0.15) is 48.0 Å². The summed E-state index contributed by atoms with van der Waals surface area (Å²) in [5.41, 5.74) is 2.84. The Bertz CT molecular complexity index is 792. The molecular weight excluding hydrogens is 324 g/mol. The van der Waals surface area contributed by atoms with Gasteiger partial charge in [0.1, 0.15) is 11.4 Å². The van der Waals surface area contributed by atoms with E-state index in [1.54, 1.807) is 6.20 Å². The number of carbonyl (C=O) groups is 1. The molecule has 0 aliphatic carbocycles. The van der Waals surface area contributed by atoms with Crippen LogP contribution in [0.25, 0.3) is 11.4 Å². The van der Waals surface area contributed by atoms with Crippen LogP contribution in [0.15, 0.2) is 30.5 Å². The van der Waals surface area contributed by atoms with E-state index in [1.165, 1.54) is 12.0 Å². The van der Waals surface area contributed by atoms with Crippen LogP contribution < -0.4 is 4.90 Å². The molecule has 0 radical (unpaired) electrons. The molecule has 0 bridgehead atoms. The van der Waals surface area contributed by atoms with Gasteiger partial charge < -0.3 is 9.80 Å². The summed E-state index contributed by atoms with van der Waals surface area (Å²) >= 11 is 0. The van der Waals surface area contributed by atoms with Crippen LogP contribution in [0.2, 0.25) is 0 Å². The Morgan fingerprint density at radius 1 is 1.00 bits per heavy atom. The van der Waals surface area contributed by atoms with Crippen molar-refractivity contribution in [2.24, 2.45) is 0 Å². The van der Waals surface area contributed by atoms with E-state index in [-0.39, 0.29) is 5.91 Å². The van der Waals surface area contributed by atoms with Crippen molar-refractivity contribution in [2.45, 2.75) is 39.0 Å². The van der Waals surface area contributed by atoms with Crippen molar-refractivity contribution in [1.29, 1.82) is 0 Å². The first-order valence-corrected chi connectivity index (χ1v) is 9.71. The van der Waals surface area contributed by atoms with Gasteiger partial charge in [0.25, 0.3) is 5.91 Å². The van der Waals surface area contributed by atoms with Crippen molar-refractivity contribution in [3.63, 3.8) is 0 Å². The van der Waals surface area contributed by atoms with Gasteiger partial charge in [0.15, 0.2) is 5.82 Å². The van der Waals surface area contributed by atoms with Gasteiger partial charge in [-0.1, -0.05) is 23.8 Å². The molecule has 1 amide bonds. The van der Waals surface area contributed by atoms with Crippen molar-refractivity contribution >= 4 is 11.7 Å². The molecule has 1 aromatic carbocycles. The molecule has 5 nitrogen and oxygen atoms in total. The quantitative estimate of drug-likeness (QED) is 0.847. The highest BCUT2D eigenvalue weighted by Gasteiger charge is 2.26. The summed E-state index contributed by atoms with van der Waals surface area (Å²) < 4.78 is 0. The predicted molar refractivity (Wildman–Crippen MR) is 103 cm³/mol. The number of amides is 1. The molecule has 0 atom stereocenters. The number of likely N-dealkylation sites (tertiary alicyclic amines) is 1. The predicted octanol–water partition coefficient (Wildman–Crippen LogP) is 3.68. The van der Waals surface area contributed by atoms with Crippen LogP contribution in [0.3, 0.4) is 0 Å². The van der Waals surface area contributed by atoms with E-state index in [2.05, 4.69) is 28.9 Å². The second-order valence-electron chi connectivity index (χ2n) is 7.35. The summed E-state index contributed by atoms with van der Waals surface area (Å²) in [6, 6.07) is 8.22. The first-order chi connectivity index (χ1) is 12.7. The first kappa shape index (κ1) is 17.0. The van der Waals surface area contributed by atoms with E-state index in [4.69, 9.17) is 4.98 Å². The third-order valence-electron chi connectivity index (χ3n) is 5.32. The average Bonchev–Trinajstić information content (AvgIpc) is 3.22. The van der Waals surface area contributed by atoms with E-state index in [1.807, 2.05) is 17.0 Å². The van der Waals surface area contributed by atoms with Crippen LogP contribution in [0, 0.1) is 6.92 Å². The highest BCUT2D eigenvalue weighted by Crippen LogP contribution is 2.27. The van der Waals surface area contributed by atoms with Crippen molar-refractivity contribution in [1.82, 2.24) is 14.9 Å². The Labute approximate surface area is 155 Å². The number of aromatic nitrogens is 2. The topological polar surface area (TPSA) is 49.3 Å². The van der Waals surface area contributed by atoms with Gasteiger partial charge in [-0.05, 0) is 45.1 Å². The van der Waals surface area contributed by atoms with Crippen LogP contribution in [0.4, 0.5) is 5.82 Å². The molecule has 2 saturated heterocycles. The molecule has 0 saturated carbocycles. The summed E-state index contributed by atoms with van der Waals surface area (Å²) in [6.45, 7) is 5.69. The molecule has 0 spiro atoms. The fraction of sp³-hybridized carbons (Fsp3) is 0.476. The van der Waals surface area contributed by atoms with Gasteiger partial charge in [-0.25, -0.2) is 9.97 Å². The van der Waals surface area contributed by atoms with Crippen molar-refractivity contribution in [2.75, 3.05) is 31.1 Å². The Morgan fingerprint density at radius 2 is 1.73 bits per heavy atom. The summed E-state index contributed by atoms with van der Waals surface area (Å²) in [5, 5.41) is 0. The van der Waals surface area contributed by atoms with E-state index in [0.29, 0.717) is 11.4 Å². The Hall–Kier alpha value is -2.43. The smallest absolute Gasteiger partial charge is 0.259 e. The molecule has 26 heavy (non-hydrogen) atoms. The standard InChI is InChI=1S/C21H26N4O/c1-16-8-7-9-17(14-16)19-22-15-18(21(26)25-12-5-6-13-25)20(23-19)24-10-3-2-4-11-24/h7-9,14-15H,2-6,10-13H2,1H3. The Morgan fingerprint density at radius 3 is 2.46 bits per heavy atom. The van der Waals surface area contributed by atoms with Crippen LogP contribution in [-0.2, 0) is 0 Å². The molecule has 5 heteroatoms. The normalized spacial score (nSPS) is 17.6. The number of piperidine rings is 1. The molecule has 2 fully saturated rings. The first-order valence-electron chi connectivity index (χ1n) is 9.71. The largest absolute Gasteiger partial charge is 0.356 e. The van der Waals surface area contributed by atoms with Gasteiger partial charge in [0, 0.05) is 37.9 Å². The lowest BCUT2D eigenvalue weighted by Crippen LogP contribution is -2.35. The molecular formula is C21H26N4O. The minimum atomic E-state index is 0.0823. The number of hydrogen-bond acceptors (Lipinski definition) is 4. The van der Waals surface area contributed by atoms with Gasteiger partial charge in [-0.2, -0.15) is 0 Å². The molecule has 2 aliphatic heterocycles. The zero-order chi connectivity index (χ0) is 17.9. The molecule has 3 heterocycles. The molecule has 2 aromatic rings. The molecule has 1 aromatic heterocycles. The second-order valence-corrected chi connectivity index (χ2v) is 7.35. The van der Waals surface area contributed by atoms with Crippen LogP contribution >= 0.6 is 0 Å². The number of aryl methyl sites for hydroxylation is 1. The average molecular weight is 350 g/mol. The van der Waals surface area contributed by atoms with Gasteiger partial charge in [0.05, 0.1) is 0 Å². The minimum absolute atomic E-state index is 0.0823. The fourth-order valence-electron chi connectivity index (χ4n) is 3.88. The Balaban J connectivity index is 1.74. The van der Waals surface area contributed by atoms with Gasteiger partial charge in [0.2, 0.25) is 0 Å². The van der Waals surface area contributed by atoms with Gasteiger partial charge in [-0.3, -0.25) is 4.79 Å². The maximum atomic E-state index is 13.0. The van der Waals surface area contributed by atoms with Gasteiger partial charge in [-0.15, -0.1) is 0 Å². The minimum Gasteiger partial charge on any atom is -0.356 e. The van der Waals surface area contributed by atoms with E-state index in [0.717, 1.165) is 63.2 Å². The molecule has 4 rings (SSSR count). The maximum absolute atomic E-state index is 13.0. The Kier molecular flexibility index (Phi) is 4.87. The van der Waals surface area contributed by atoms with E-state index in [9.17, 15) is 4.79 Å². The number of hydrogen-bond donors (Lipinski definition) is 0. The van der Waals surface area contributed by atoms with E-state index < -0.39 is 0 Å². The highest BCUT2D eigenvalue weighted by atomic mass is 16.2. The summed E-state index contributed by atoms with van der Waals surface area (Å²) in [5.74, 6) is 1.60. The summed E-state index contributed by atoms with van der Waals surface area (Å²) in [6.07, 6.45) is 7.49. The molecule has 0 unspecified atom stereocenters. The zero-order valence-electron chi connectivity index (χ0n) is 15.4. The maximum Gasteiger partial charge on any atom is 0.259 e. The molecule has 136 valence electrons. The van der Waals surface area contributed by atoms with E-state index >= 15 is 0 Å². The second kappa shape index (κ2) is 7.44. The lowest BCUT2D eigenvalue weighted by atomic mass is 10.1. The monoisotopic (exact) mass is 350 g/mol. The number of rotatable bonds is 3. The number of nitrogens with zero attached hydrogens (tertiary/aromatic N) is 4. The summed E-state index contributed by atoms with van der Waals surface area (Å²) in [7, 11) is 0. The van der Waals surface area contributed by atoms with Gasteiger partial charge >= 0.3 is 0 Å². The number of carbonyl (C=O) groups excluding carboxylic acids is 1. The molecule has 2 aliphatic rings. The summed E-state index contributed by atoms with van der Waals surface area (Å²) in [4.78, 5) is 26.7. The fourth-order valence-corrected chi connectivity index (χ4v) is 3.88. The SMILES string of the molecule is Cc1cccc(-c2ncc(C(=O)N3CCCC3)c(N3CCCCC3)n2)c1. The number of benzene rings is 1. The number of anilines is 1. The van der Waals surface area contributed by atoms with Crippen LogP contribution in [-0.4, -0.2) is 47.0 Å². The third kappa shape index (κ3) is 3.43. The van der Waals surface area contributed by atoms with Crippen molar-refractivity contribution in [3.8, 4) is 11.4 Å². The highest BCUT2D eigenvalue weighted by molar-refractivity contribution is 5.99. The van der Waals surface area contributed by atoms with Crippen molar-refractivity contribution < 1.29 is 4.79 Å². The lowest BCUT2D eigenvalue weighted by molar-refractivity contribution is 0.0792. The van der Waals surface area contributed by atoms with Crippen molar-refractivity contribution in [3.05, 3.63) is 41.6 Å². The third-order valence-corrected chi connectivity index (χ3v) is 5.32. The van der Waals surface area contributed by atoms with Crippen LogP contribution in [0.5, 0.6) is 0 Å². The lowest BCUT2D eigenvalue weighted by Gasteiger charge is -2.30.